The van der Waals surface area contributed by atoms with Gasteiger partial charge < -0.3 is 14.8 Å². The number of methoxy groups -OCH3 is 1. The third-order valence-corrected chi connectivity index (χ3v) is 5.90. The number of hydrogen-bond acceptors (Lipinski definition) is 5. The first kappa shape index (κ1) is 21.7. The molecule has 2 rings (SSSR count). The standard InChI is InChI=1S/C20H26N2O5S/c1-22(2)28(24,25)19-12-6-16(7-13-19)15-21-20(23)5-4-14-27-18-10-8-17(26-3)9-11-18/h6-13H,4-5,14-15H2,1-3H3,(H,21,23). The van der Waals surface area contributed by atoms with Crippen LogP contribution in [0.4, 0.5) is 0 Å². The molecule has 28 heavy (non-hydrogen) atoms. The molecule has 7 nitrogen and oxygen atoms in total. The van der Waals surface area contributed by atoms with Gasteiger partial charge in [0, 0.05) is 27.1 Å². The normalized spacial score (nSPS) is 11.3. The molecular formula is C20H26N2O5S. The number of carbonyl (C=O) groups excluding carboxylic acids is 1. The summed E-state index contributed by atoms with van der Waals surface area (Å²) in [6.45, 7) is 0.789. The quantitative estimate of drug-likeness (QED) is 0.613. The van der Waals surface area contributed by atoms with Gasteiger partial charge in [-0.2, -0.15) is 0 Å². The smallest absolute Gasteiger partial charge is 0.242 e. The van der Waals surface area contributed by atoms with Crippen LogP contribution in [0.2, 0.25) is 0 Å². The van der Waals surface area contributed by atoms with Crippen LogP contribution in [-0.2, 0) is 21.4 Å². The second-order valence-electron chi connectivity index (χ2n) is 6.34. The van der Waals surface area contributed by atoms with Crippen LogP contribution >= 0.6 is 0 Å². The third-order valence-electron chi connectivity index (χ3n) is 4.07. The van der Waals surface area contributed by atoms with Gasteiger partial charge in [-0.25, -0.2) is 12.7 Å². The van der Waals surface area contributed by atoms with Crippen molar-refractivity contribution < 1.29 is 22.7 Å². The second kappa shape index (κ2) is 10.1. The summed E-state index contributed by atoms with van der Waals surface area (Å²) in [6, 6.07) is 13.7. The van der Waals surface area contributed by atoms with Gasteiger partial charge in [-0.15, -0.1) is 0 Å². The van der Waals surface area contributed by atoms with Crippen molar-refractivity contribution in [2.24, 2.45) is 0 Å². The van der Waals surface area contributed by atoms with Gasteiger partial charge in [-0.05, 0) is 48.4 Å². The van der Waals surface area contributed by atoms with E-state index in [1.807, 2.05) is 24.3 Å². The molecule has 0 saturated heterocycles. The minimum Gasteiger partial charge on any atom is -0.497 e. The fourth-order valence-electron chi connectivity index (χ4n) is 2.37. The summed E-state index contributed by atoms with van der Waals surface area (Å²) in [5, 5.41) is 2.82. The summed E-state index contributed by atoms with van der Waals surface area (Å²) in [5.74, 6) is 1.41. The van der Waals surface area contributed by atoms with E-state index in [0.29, 0.717) is 26.0 Å². The molecule has 152 valence electrons. The third kappa shape index (κ3) is 6.24. The van der Waals surface area contributed by atoms with Crippen molar-refractivity contribution in [1.29, 1.82) is 0 Å². The maximum absolute atomic E-state index is 12.0. The summed E-state index contributed by atoms with van der Waals surface area (Å²) in [6.07, 6.45) is 0.946. The highest BCUT2D eigenvalue weighted by Crippen LogP contribution is 2.17. The van der Waals surface area contributed by atoms with Gasteiger partial charge in [0.1, 0.15) is 11.5 Å². The van der Waals surface area contributed by atoms with E-state index in [9.17, 15) is 13.2 Å². The Balaban J connectivity index is 1.70. The molecule has 0 fully saturated rings. The van der Waals surface area contributed by atoms with E-state index in [4.69, 9.17) is 9.47 Å². The Morgan fingerprint density at radius 2 is 1.61 bits per heavy atom. The molecule has 8 heteroatoms. The molecule has 0 aliphatic heterocycles. The molecule has 1 N–H and O–H groups in total. The molecular weight excluding hydrogens is 380 g/mol. The number of amides is 1. The van der Waals surface area contributed by atoms with Crippen molar-refractivity contribution >= 4 is 15.9 Å². The Hall–Kier alpha value is -2.58. The molecule has 0 aromatic heterocycles. The first-order valence-electron chi connectivity index (χ1n) is 8.88. The molecule has 0 radical (unpaired) electrons. The zero-order chi connectivity index (χ0) is 20.6. The van der Waals surface area contributed by atoms with E-state index >= 15 is 0 Å². The Kier molecular flexibility index (Phi) is 7.83. The van der Waals surface area contributed by atoms with Gasteiger partial charge in [0.05, 0.1) is 18.6 Å². The summed E-state index contributed by atoms with van der Waals surface area (Å²) in [5.41, 5.74) is 0.834. The summed E-state index contributed by atoms with van der Waals surface area (Å²) >= 11 is 0. The number of benzene rings is 2. The molecule has 0 heterocycles. The average Bonchev–Trinajstić information content (AvgIpc) is 2.70. The summed E-state index contributed by atoms with van der Waals surface area (Å²) < 4.78 is 35.9. The lowest BCUT2D eigenvalue weighted by Gasteiger charge is -2.12. The Labute approximate surface area is 166 Å². The summed E-state index contributed by atoms with van der Waals surface area (Å²) in [7, 11) is 1.14. The van der Waals surface area contributed by atoms with Crippen LogP contribution in [-0.4, -0.2) is 46.4 Å². The maximum Gasteiger partial charge on any atom is 0.242 e. The fraction of sp³-hybridized carbons (Fsp3) is 0.350. The van der Waals surface area contributed by atoms with Crippen LogP contribution in [0.15, 0.2) is 53.4 Å². The predicted molar refractivity (Wildman–Crippen MR) is 107 cm³/mol. The second-order valence-corrected chi connectivity index (χ2v) is 8.49. The lowest BCUT2D eigenvalue weighted by atomic mass is 10.2. The highest BCUT2D eigenvalue weighted by atomic mass is 32.2. The van der Waals surface area contributed by atoms with Crippen molar-refractivity contribution in [3.8, 4) is 11.5 Å². The average molecular weight is 407 g/mol. The minimum atomic E-state index is -3.44. The zero-order valence-corrected chi connectivity index (χ0v) is 17.2. The van der Waals surface area contributed by atoms with Gasteiger partial charge in [-0.1, -0.05) is 12.1 Å². The Morgan fingerprint density at radius 3 is 2.18 bits per heavy atom. The van der Waals surface area contributed by atoms with E-state index in [0.717, 1.165) is 21.4 Å². The maximum atomic E-state index is 12.0. The van der Waals surface area contributed by atoms with Crippen molar-refractivity contribution in [2.45, 2.75) is 24.3 Å². The molecule has 0 aliphatic rings. The number of sulfonamides is 1. The Morgan fingerprint density at radius 1 is 1.00 bits per heavy atom. The Bertz CT molecular complexity index is 862. The first-order valence-corrected chi connectivity index (χ1v) is 10.3. The molecule has 1 amide bonds. The molecule has 0 bridgehead atoms. The minimum absolute atomic E-state index is 0.0803. The fourth-order valence-corrected chi connectivity index (χ4v) is 3.28. The topological polar surface area (TPSA) is 84.9 Å². The van der Waals surface area contributed by atoms with E-state index in [-0.39, 0.29) is 10.8 Å². The van der Waals surface area contributed by atoms with Gasteiger partial charge in [0.2, 0.25) is 15.9 Å². The monoisotopic (exact) mass is 406 g/mol. The van der Waals surface area contributed by atoms with Crippen LogP contribution < -0.4 is 14.8 Å². The number of nitrogens with zero attached hydrogens (tertiary/aromatic N) is 1. The predicted octanol–water partition coefficient (Wildman–Crippen LogP) is 2.42. The van der Waals surface area contributed by atoms with E-state index in [2.05, 4.69) is 5.32 Å². The van der Waals surface area contributed by atoms with Crippen molar-refractivity contribution in [2.75, 3.05) is 27.8 Å². The molecule has 2 aromatic carbocycles. The molecule has 0 unspecified atom stereocenters. The highest BCUT2D eigenvalue weighted by molar-refractivity contribution is 7.89. The molecule has 2 aromatic rings. The largest absolute Gasteiger partial charge is 0.497 e. The van der Waals surface area contributed by atoms with Crippen molar-refractivity contribution in [3.05, 3.63) is 54.1 Å². The molecule has 0 atom stereocenters. The van der Waals surface area contributed by atoms with Gasteiger partial charge >= 0.3 is 0 Å². The van der Waals surface area contributed by atoms with Crippen LogP contribution in [0, 0.1) is 0 Å². The number of nitrogens with one attached hydrogen (secondary N) is 1. The van der Waals surface area contributed by atoms with E-state index in [1.54, 1.807) is 31.4 Å². The van der Waals surface area contributed by atoms with Crippen LogP contribution in [0.1, 0.15) is 18.4 Å². The zero-order valence-electron chi connectivity index (χ0n) is 16.3. The van der Waals surface area contributed by atoms with Gasteiger partial charge in [0.25, 0.3) is 0 Å². The van der Waals surface area contributed by atoms with Crippen LogP contribution in [0.3, 0.4) is 0 Å². The van der Waals surface area contributed by atoms with Gasteiger partial charge in [-0.3, -0.25) is 4.79 Å². The number of hydrogen-bond donors (Lipinski definition) is 1. The number of ether oxygens (including phenoxy) is 2. The SMILES string of the molecule is COc1ccc(OCCCC(=O)NCc2ccc(S(=O)(=O)N(C)C)cc2)cc1. The molecule has 0 aliphatic carbocycles. The highest BCUT2D eigenvalue weighted by Gasteiger charge is 2.16. The van der Waals surface area contributed by atoms with Crippen LogP contribution in [0.5, 0.6) is 11.5 Å². The number of rotatable bonds is 10. The van der Waals surface area contributed by atoms with Crippen LogP contribution in [0.25, 0.3) is 0 Å². The van der Waals surface area contributed by atoms with E-state index in [1.165, 1.54) is 14.1 Å². The van der Waals surface area contributed by atoms with Gasteiger partial charge in [0.15, 0.2) is 0 Å². The molecule has 0 saturated carbocycles. The first-order chi connectivity index (χ1) is 13.3. The lowest BCUT2D eigenvalue weighted by Crippen LogP contribution is -2.23. The van der Waals surface area contributed by atoms with E-state index < -0.39 is 10.0 Å². The van der Waals surface area contributed by atoms with Crippen molar-refractivity contribution in [1.82, 2.24) is 9.62 Å². The summed E-state index contributed by atoms with van der Waals surface area (Å²) in [4.78, 5) is 12.2. The lowest BCUT2D eigenvalue weighted by molar-refractivity contribution is -0.121. The van der Waals surface area contributed by atoms with Crippen molar-refractivity contribution in [3.63, 3.8) is 0 Å². The number of carbonyl (C=O) groups is 1. The molecule has 0 spiro atoms.